The fraction of sp³-hybridized carbons (Fsp3) is 0.522. The molecule has 1 aliphatic carbocycles. The summed E-state index contributed by atoms with van der Waals surface area (Å²) in [6.07, 6.45) is 8.56. The van der Waals surface area contributed by atoms with Gasteiger partial charge in [0.2, 0.25) is 23.7 Å². The molecule has 7 heterocycles. The van der Waals surface area contributed by atoms with Gasteiger partial charge in [0.25, 0.3) is 23.8 Å². The number of aliphatic hydroxyl groups is 3. The van der Waals surface area contributed by atoms with Crippen LogP contribution in [0.5, 0.6) is 5.75 Å². The first-order valence-corrected chi connectivity index (χ1v) is 49.1. The largest absolute Gasteiger partial charge is 0.496 e. The molecule has 5 aliphatic heterocycles. The SMILES string of the molecule is C#CCN(Cc1ccc2nc(N)[nH]c(=O)c2c1)c1ccc(C(=O)N[C@@H](CCC(=O)OCCSSCCC(=O)C[C@@H](C)C(=O)N[C@@H](C)C(=O)C[C@@H](C)C(=O)N[C@@H](CNC(=O)CCSSCCOC(=O)NNC(=O)[C@]2(O)[C@H](O)[C@]3(CC)C=CCN4CC[C@@]5(c6cc([C@@]7(COC=O)CC8CN(CCc9c7[nH]c7ccccc97)C[C@](O)(CC)C8)c(OC)cc6N(C)[C@@H]25)[C@@H]43)C(=O)O)C(=O)O)cc1. The number of ether oxygens (including phenoxy) is 4. The molecule has 0 radical (unpaired) electrons. The average Bonchev–Trinajstić information content (AvgIpc) is 1.47. The summed E-state index contributed by atoms with van der Waals surface area (Å²) in [5.74, 6) is -5.75. The number of carboxylic acids is 2. The molecule has 12 rings (SSSR count). The second-order valence-electron chi connectivity index (χ2n) is 34.9. The topological polar surface area (TPSA) is 516 Å². The number of aliphatic carboxylic acids is 2. The molecule has 710 valence electrons. The van der Waals surface area contributed by atoms with E-state index in [9.17, 15) is 83.1 Å². The highest BCUT2D eigenvalue weighted by atomic mass is 33.1. The number of anilines is 3. The zero-order valence-electron chi connectivity index (χ0n) is 74.7. The van der Waals surface area contributed by atoms with E-state index >= 15 is 4.79 Å². The van der Waals surface area contributed by atoms with Gasteiger partial charge in [0.1, 0.15) is 49.5 Å². The van der Waals surface area contributed by atoms with Crippen LogP contribution in [-0.2, 0) is 86.0 Å². The molecule has 4 aromatic carbocycles. The van der Waals surface area contributed by atoms with E-state index in [4.69, 9.17) is 31.1 Å². The van der Waals surface area contributed by atoms with Crippen LogP contribution in [0.2, 0.25) is 0 Å². The molecule has 6 aromatic rings. The number of rotatable bonds is 44. The van der Waals surface area contributed by atoms with Gasteiger partial charge < -0.3 is 86.3 Å². The number of amides is 6. The van der Waals surface area contributed by atoms with Crippen LogP contribution >= 0.6 is 43.2 Å². The Bertz CT molecular complexity index is 5450. The maximum absolute atomic E-state index is 15.2. The number of nitrogens with two attached hydrogens (primary N) is 1. The van der Waals surface area contributed by atoms with Crippen LogP contribution in [0, 0.1) is 35.5 Å². The third-order valence-electron chi connectivity index (χ3n) is 26.4. The Morgan fingerprint density at radius 3 is 2.20 bits per heavy atom. The summed E-state index contributed by atoms with van der Waals surface area (Å²) in [5, 5.41) is 69.9. The Morgan fingerprint density at radius 1 is 0.788 bits per heavy atom. The third-order valence-corrected chi connectivity index (χ3v) is 31.2. The molecule has 15 atom stereocenters. The lowest BCUT2D eigenvalue weighted by Gasteiger charge is -2.63. The first-order chi connectivity index (χ1) is 63.1. The lowest BCUT2D eigenvalue weighted by Crippen LogP contribution is -2.82. The van der Waals surface area contributed by atoms with Gasteiger partial charge in [0.15, 0.2) is 11.4 Å². The number of fused-ring (bicyclic) bond motifs is 7. The number of carbonyl (C=O) groups is 12. The number of para-hydroxylation sites is 1. The van der Waals surface area contributed by atoms with Gasteiger partial charge in [-0.15, -0.1) is 6.42 Å². The number of carboxylic acid groups (broad SMARTS) is 2. The molecular weight excluding hydrogens is 1780 g/mol. The maximum Gasteiger partial charge on any atom is 0.426 e. The number of aromatic amines is 2. The van der Waals surface area contributed by atoms with Crippen molar-refractivity contribution in [1.82, 2.24) is 56.9 Å². The highest BCUT2D eigenvalue weighted by Crippen LogP contribution is 2.68. The number of hydrogen-bond acceptors (Lipinski definition) is 30. The first-order valence-electron chi connectivity index (χ1n) is 44.1. The molecule has 15 N–H and O–H groups in total. The number of methoxy groups -OCH3 is 1. The molecular formula is C92H116N14O22S4. The number of nitrogen functional groups attached to an aromatic ring is 1. The van der Waals surface area contributed by atoms with Crippen LogP contribution in [0.15, 0.2) is 95.8 Å². The van der Waals surface area contributed by atoms with Gasteiger partial charge in [0, 0.05) is 175 Å². The van der Waals surface area contributed by atoms with Crippen molar-refractivity contribution < 1.29 is 102 Å². The molecule has 1 saturated carbocycles. The minimum atomic E-state index is -2.62. The molecule has 1 spiro atoms. The van der Waals surface area contributed by atoms with Gasteiger partial charge >= 0.3 is 24.0 Å². The quantitative estimate of drug-likeness (QED) is 0.00324. The van der Waals surface area contributed by atoms with E-state index in [1.807, 2.05) is 60.1 Å². The minimum Gasteiger partial charge on any atom is -0.496 e. The van der Waals surface area contributed by atoms with Crippen LogP contribution in [0.3, 0.4) is 0 Å². The van der Waals surface area contributed by atoms with Crippen LogP contribution in [-0.4, -0.2) is 272 Å². The zero-order chi connectivity index (χ0) is 95.2. The fourth-order valence-electron chi connectivity index (χ4n) is 20.1. The summed E-state index contributed by atoms with van der Waals surface area (Å²) in [6, 6.07) is 17.9. The second-order valence-corrected chi connectivity index (χ2v) is 40.3. The van der Waals surface area contributed by atoms with E-state index in [1.54, 1.807) is 44.5 Å². The molecule has 2 unspecified atom stereocenters. The number of terminal acetylenes is 1. The standard InChI is InChI=1S/C92H116N14O22S4/c1-9-30-106(49-56-17-22-67-63(42-56)79(115)100-86(93)99-67)59-20-18-58(19-21-59)78(114)97-68(80(116)117)23-24-74(111)127-34-38-131-129-36-26-60(108)40-53(4)76(112)95-55(6)71(109)41-54(5)77(113)98-69(81(118)119)47-94-73(110)27-37-130-132-39-35-128-87(122)102-101-85(121)92(124)83-91(29-33-105-31-14-28-89(11-3,82(91)105)84(92)120)64-43-65(72(125-8)44-70(64)103(83)7)90(51-126-52-107)46-57-45-88(123,10-2)50-104(48-57)32-25-62-61-15-12-13-16-66(61)96-75(62)90/h1,12-22,28,42-44,52-55,57,68-69,82-84,96,120,123-124H,10-11,23-27,29-41,45-51H2,2-8H3,(H,94,110)(H,95,112)(H,97,114)(H,98,113)(H,101,121)(H,102,122)(H,116,117)(H,118,119)(H3,93,99,100,115)/t53-,54-,55+,57?,68+,69+,82+,83-,84-,88+,89-,90+,91-,92-/m1/s1. The second kappa shape index (κ2) is 43.9. The monoisotopic (exact) mass is 1900 g/mol. The maximum atomic E-state index is 15.2. The fourth-order valence-corrected chi connectivity index (χ4v) is 23.8. The Balaban J connectivity index is 0.534. The van der Waals surface area contributed by atoms with Gasteiger partial charge in [-0.1, -0.05) is 113 Å². The predicted octanol–water partition coefficient (Wildman–Crippen LogP) is 5.59. The number of esters is 1. The highest BCUT2D eigenvalue weighted by Gasteiger charge is 2.79. The number of aromatic nitrogens is 3. The normalized spacial score (nSPS) is 23.8. The Morgan fingerprint density at radius 2 is 1.49 bits per heavy atom. The molecule has 36 nitrogen and oxygen atoms in total. The summed E-state index contributed by atoms with van der Waals surface area (Å²) in [5.41, 5.74) is 9.97. The van der Waals surface area contributed by atoms with Gasteiger partial charge in [-0.05, 0) is 130 Å². The Hall–Kier alpha value is -10.9. The lowest BCUT2D eigenvalue weighted by molar-refractivity contribution is -0.204. The number of aliphatic hydroxyl groups excluding tert-OH is 1. The third kappa shape index (κ3) is 21.9. The van der Waals surface area contributed by atoms with Crippen molar-refractivity contribution in [3.8, 4) is 18.1 Å². The molecule has 6 aliphatic rings. The highest BCUT2D eigenvalue weighted by molar-refractivity contribution is 8.77. The predicted molar refractivity (Wildman–Crippen MR) is 500 cm³/mol. The molecule has 2 aromatic heterocycles. The zero-order valence-corrected chi connectivity index (χ0v) is 78.0. The first kappa shape index (κ1) is 100. The average molecular weight is 1900 g/mol. The number of nitrogens with zero attached hydrogens (tertiary/aromatic N) is 5. The number of H-pyrrole nitrogens is 2. The molecule has 3 fully saturated rings. The van der Waals surface area contributed by atoms with E-state index in [1.165, 1.54) is 76.1 Å². The van der Waals surface area contributed by atoms with Crippen molar-refractivity contribution in [2.75, 3.05) is 118 Å². The van der Waals surface area contributed by atoms with Gasteiger partial charge in [-0.25, -0.2) is 24.8 Å². The Labute approximate surface area is 779 Å². The summed E-state index contributed by atoms with van der Waals surface area (Å²) >= 11 is 0. The molecule has 132 heavy (non-hydrogen) atoms. The summed E-state index contributed by atoms with van der Waals surface area (Å²) < 4.78 is 23.2. The van der Waals surface area contributed by atoms with E-state index in [-0.39, 0.29) is 99.6 Å². The van der Waals surface area contributed by atoms with Gasteiger partial charge in [0.05, 0.1) is 47.7 Å². The minimum absolute atomic E-state index is 0.00536. The van der Waals surface area contributed by atoms with E-state index < -0.39 is 147 Å². The number of piperidine rings is 1. The summed E-state index contributed by atoms with van der Waals surface area (Å²) in [6.45, 7) is 11.4. The number of Topliss-reactive ketones (excluding diaryl/α,β-unsaturated/α-hetero) is 2. The summed E-state index contributed by atoms with van der Waals surface area (Å²) in [4.78, 5) is 188. The molecule has 40 heteroatoms. The number of carbonyl (C=O) groups excluding carboxylic acids is 10. The van der Waals surface area contributed by atoms with Crippen molar-refractivity contribution >= 4 is 154 Å². The van der Waals surface area contributed by atoms with Crippen molar-refractivity contribution in [2.45, 2.75) is 177 Å². The van der Waals surface area contributed by atoms with E-state index in [0.717, 1.165) is 33.3 Å². The smallest absolute Gasteiger partial charge is 0.426 e. The van der Waals surface area contributed by atoms with E-state index in [2.05, 4.69) is 74.9 Å². The Kier molecular flexibility index (Phi) is 33.3. The van der Waals surface area contributed by atoms with Crippen molar-refractivity contribution in [3.63, 3.8) is 0 Å². The summed E-state index contributed by atoms with van der Waals surface area (Å²) in [7, 11) is 8.52. The van der Waals surface area contributed by atoms with Crippen molar-refractivity contribution in [2.24, 2.45) is 23.2 Å². The number of hydrogen-bond donors (Lipinski definition) is 14. The van der Waals surface area contributed by atoms with Crippen LogP contribution in [0.1, 0.15) is 144 Å². The number of hydrazine groups is 1. The van der Waals surface area contributed by atoms with E-state index in [0.29, 0.717) is 129 Å². The number of ketones is 2. The van der Waals surface area contributed by atoms with Gasteiger partial charge in [-0.2, -0.15) is 0 Å². The van der Waals surface area contributed by atoms with Crippen LogP contribution in [0.4, 0.5) is 22.1 Å². The molecule has 2 bridgehead atoms. The van der Waals surface area contributed by atoms with Crippen molar-refractivity contribution in [3.05, 3.63) is 135 Å². The number of likely N-dealkylation sites (N-methyl/N-ethyl adjacent to an activating group) is 1. The number of benzene rings is 4. The van der Waals surface area contributed by atoms with Crippen molar-refractivity contribution in [1.29, 1.82) is 0 Å². The molecule has 2 saturated heterocycles. The van der Waals surface area contributed by atoms with Crippen LogP contribution < -0.4 is 57.9 Å². The molecule has 6 amide bonds. The lowest BCUT2D eigenvalue weighted by atomic mass is 9.47. The van der Waals surface area contributed by atoms with Crippen LogP contribution in [0.25, 0.3) is 21.8 Å². The number of nitrogens with one attached hydrogen (secondary N) is 8. The van der Waals surface area contributed by atoms with Gasteiger partial charge in [-0.3, -0.25) is 68.2 Å².